The Labute approximate surface area is 517 Å². The number of carbonyl (C=O) groups excluding carboxylic acids is 2. The molecule has 0 saturated carbocycles. The van der Waals surface area contributed by atoms with E-state index in [0.717, 1.165) is 103 Å². The van der Waals surface area contributed by atoms with Gasteiger partial charge in [0, 0.05) is 12.8 Å². The predicted octanol–water partition coefficient (Wildman–Crippen LogP) is 21.6. The Morgan fingerprint density at radius 3 is 1.19 bits per heavy atom. The van der Waals surface area contributed by atoms with E-state index < -0.39 is 25.9 Å². The fraction of sp³-hybridized carbons (Fsp3) is 0.676. The van der Waals surface area contributed by atoms with Crippen LogP contribution in [0.3, 0.4) is 0 Å². The molecule has 9 nitrogen and oxygen atoms in total. The van der Waals surface area contributed by atoms with Gasteiger partial charge >= 0.3 is 13.8 Å². The number of esters is 1. The Bertz CT molecular complexity index is 1900. The first-order valence-corrected chi connectivity index (χ1v) is 35.5. The summed E-state index contributed by atoms with van der Waals surface area (Å²) < 4.78 is 30.7. The normalized spacial score (nSPS) is 14.4. The van der Waals surface area contributed by atoms with E-state index in [-0.39, 0.29) is 25.5 Å². The fourth-order valence-electron chi connectivity index (χ4n) is 9.13. The van der Waals surface area contributed by atoms with Crippen molar-refractivity contribution < 1.29 is 37.3 Å². The maximum Gasteiger partial charge on any atom is 0.472 e. The predicted molar refractivity (Wildman–Crippen MR) is 364 cm³/mol. The van der Waals surface area contributed by atoms with Crippen molar-refractivity contribution in [1.82, 2.24) is 5.32 Å². The minimum atomic E-state index is -4.48. The highest BCUT2D eigenvalue weighted by Crippen LogP contribution is 2.43. The molecule has 0 fully saturated rings. The number of phosphoric acid groups is 1. The summed E-state index contributed by atoms with van der Waals surface area (Å²) in [5.41, 5.74) is 0. The van der Waals surface area contributed by atoms with Gasteiger partial charge in [-0.05, 0) is 115 Å². The third kappa shape index (κ3) is 62.7. The van der Waals surface area contributed by atoms with E-state index in [1.165, 1.54) is 128 Å². The Hall–Kier alpha value is -3.85. The Morgan fingerprint density at radius 2 is 0.774 bits per heavy atom. The highest BCUT2D eigenvalue weighted by atomic mass is 31.2. The molecule has 3 unspecified atom stereocenters. The molecule has 2 N–H and O–H groups in total. The van der Waals surface area contributed by atoms with Crippen molar-refractivity contribution in [3.63, 3.8) is 0 Å². The van der Waals surface area contributed by atoms with Crippen molar-refractivity contribution in [2.45, 2.75) is 283 Å². The molecule has 480 valence electrons. The van der Waals surface area contributed by atoms with E-state index in [4.69, 9.17) is 13.8 Å². The van der Waals surface area contributed by atoms with Gasteiger partial charge < -0.3 is 19.4 Å². The zero-order valence-corrected chi connectivity index (χ0v) is 55.7. The van der Waals surface area contributed by atoms with Gasteiger partial charge in [0.25, 0.3) is 0 Å². The minimum absolute atomic E-state index is 0.0217. The van der Waals surface area contributed by atoms with Crippen LogP contribution in [0.4, 0.5) is 0 Å². The van der Waals surface area contributed by atoms with Gasteiger partial charge in [-0.15, -0.1) is 0 Å². The number of quaternary nitrogens is 1. The highest BCUT2D eigenvalue weighted by molar-refractivity contribution is 7.47. The zero-order chi connectivity index (χ0) is 61.4. The number of phosphoric ester groups is 1. The van der Waals surface area contributed by atoms with Gasteiger partial charge in [-0.1, -0.05) is 277 Å². The average molecular weight is 1190 g/mol. The van der Waals surface area contributed by atoms with Gasteiger partial charge in [0.05, 0.1) is 33.8 Å². The molecule has 10 heteroatoms. The van der Waals surface area contributed by atoms with Crippen LogP contribution in [0.15, 0.2) is 134 Å². The number of nitrogens with one attached hydrogen (secondary N) is 1. The largest absolute Gasteiger partial charge is 0.472 e. The van der Waals surface area contributed by atoms with Gasteiger partial charge in [0.1, 0.15) is 19.3 Å². The summed E-state index contributed by atoms with van der Waals surface area (Å²) in [5, 5.41) is 3.04. The molecule has 0 bridgehead atoms. The second kappa shape index (κ2) is 62.2. The summed E-state index contributed by atoms with van der Waals surface area (Å²) in [7, 11) is 1.44. The fourth-order valence-corrected chi connectivity index (χ4v) is 9.86. The molecule has 0 aromatic heterocycles. The van der Waals surface area contributed by atoms with Gasteiger partial charge in [-0.3, -0.25) is 18.6 Å². The molecule has 0 heterocycles. The smallest absolute Gasteiger partial charge is 0.456 e. The first kappa shape index (κ1) is 80.2. The van der Waals surface area contributed by atoms with Crippen LogP contribution in [0.2, 0.25) is 0 Å². The number of hydrogen-bond acceptors (Lipinski definition) is 6. The Kier molecular flexibility index (Phi) is 59.4. The van der Waals surface area contributed by atoms with Crippen LogP contribution in [-0.2, 0) is 27.9 Å². The second-order valence-electron chi connectivity index (χ2n) is 23.6. The van der Waals surface area contributed by atoms with E-state index in [2.05, 4.69) is 142 Å². The molecule has 1 amide bonds. The van der Waals surface area contributed by atoms with E-state index >= 15 is 0 Å². The topological polar surface area (TPSA) is 111 Å². The average Bonchev–Trinajstić information content (AvgIpc) is 3.65. The Morgan fingerprint density at radius 1 is 0.429 bits per heavy atom. The van der Waals surface area contributed by atoms with Gasteiger partial charge in [0.15, 0.2) is 0 Å². The molecular weight excluding hydrogens is 1060 g/mol. The number of nitrogens with zero attached hydrogens (tertiary/aromatic N) is 1. The number of unbranched alkanes of at least 4 members (excludes halogenated alkanes) is 24. The van der Waals surface area contributed by atoms with E-state index in [9.17, 15) is 19.0 Å². The van der Waals surface area contributed by atoms with Crippen LogP contribution < -0.4 is 5.32 Å². The third-order valence-electron chi connectivity index (χ3n) is 14.3. The first-order chi connectivity index (χ1) is 40.9. The summed E-state index contributed by atoms with van der Waals surface area (Å²) in [4.78, 5) is 37.8. The number of likely N-dealkylation sites (N-methyl/N-ethyl adjacent to an activating group) is 1. The van der Waals surface area contributed by atoms with Crippen LogP contribution in [0.5, 0.6) is 0 Å². The number of ether oxygens (including phenoxy) is 1. The molecule has 84 heavy (non-hydrogen) atoms. The summed E-state index contributed by atoms with van der Waals surface area (Å²) >= 11 is 0. The van der Waals surface area contributed by atoms with E-state index in [0.29, 0.717) is 23.9 Å². The molecule has 0 aliphatic rings. The molecule has 0 aliphatic heterocycles. The maximum absolute atomic E-state index is 13.6. The van der Waals surface area contributed by atoms with Crippen LogP contribution in [-0.4, -0.2) is 74.3 Å². The lowest BCUT2D eigenvalue weighted by Crippen LogP contribution is -2.47. The summed E-state index contributed by atoms with van der Waals surface area (Å²) in [6.07, 6.45) is 89.0. The van der Waals surface area contributed by atoms with Crippen molar-refractivity contribution in [3.05, 3.63) is 134 Å². The van der Waals surface area contributed by atoms with E-state index in [1.807, 2.05) is 39.4 Å². The van der Waals surface area contributed by atoms with Crippen molar-refractivity contribution >= 4 is 19.7 Å². The molecule has 0 rings (SSSR count). The number of amides is 1. The monoisotopic (exact) mass is 1190 g/mol. The van der Waals surface area contributed by atoms with Crippen LogP contribution in [0.1, 0.15) is 271 Å². The van der Waals surface area contributed by atoms with Gasteiger partial charge in [-0.25, -0.2) is 4.57 Å². The molecule has 0 radical (unpaired) electrons. The minimum Gasteiger partial charge on any atom is -0.456 e. The molecule has 0 spiro atoms. The lowest BCUT2D eigenvalue weighted by molar-refractivity contribution is -0.870. The van der Waals surface area contributed by atoms with Crippen molar-refractivity contribution in [3.8, 4) is 0 Å². The number of carbonyl (C=O) groups is 2. The van der Waals surface area contributed by atoms with Crippen LogP contribution in [0.25, 0.3) is 0 Å². The van der Waals surface area contributed by atoms with Crippen LogP contribution in [0, 0.1) is 0 Å². The van der Waals surface area contributed by atoms with E-state index in [1.54, 1.807) is 0 Å². The second-order valence-corrected chi connectivity index (χ2v) is 25.1. The van der Waals surface area contributed by atoms with Crippen molar-refractivity contribution in [2.24, 2.45) is 0 Å². The summed E-state index contributed by atoms with van der Waals surface area (Å²) in [6, 6.07) is -0.891. The third-order valence-corrected chi connectivity index (χ3v) is 15.3. The number of rotatable bonds is 60. The standard InChI is InChI=1S/C74H127N2O7P/c1-7-10-13-16-19-22-25-28-30-32-34-35-36-37-38-39-40-41-43-44-46-48-51-54-57-60-63-66-73(77)75-71(70-82-84(79,80)81-69-68-76(4,5)6)72(65-62-59-56-53-50-27-24-21-18-15-12-9-3)83-74(78)67-64-61-58-55-52-49-47-45-42-33-31-29-26-23-20-17-14-11-8-2/h11,14,19-20,22-23,28-31,34-35,37-38,42,45,49,52,58,61-62,65,71-72H,7-10,12-13,15-18,21,24-27,32-33,36,39-41,43-44,46-48,50-51,53-57,59-60,63-64,66-70H2,1-6H3,(H-,75,77,79,80)/p+1/b14-11-,22-19-,23-20-,30-28-,31-29-,35-34-,38-37-,45-42-,52-49-,61-58-,65-62-. The van der Waals surface area contributed by atoms with Crippen LogP contribution >= 0.6 is 7.82 Å². The molecule has 0 saturated heterocycles. The number of allylic oxidation sites excluding steroid dienone is 21. The van der Waals surface area contributed by atoms with Crippen molar-refractivity contribution in [1.29, 1.82) is 0 Å². The molecule has 0 aliphatic carbocycles. The van der Waals surface area contributed by atoms with Gasteiger partial charge in [-0.2, -0.15) is 0 Å². The first-order valence-electron chi connectivity index (χ1n) is 34.0. The quantitative estimate of drug-likeness (QED) is 0.0205. The Balaban J connectivity index is 5.20. The summed E-state index contributed by atoms with van der Waals surface area (Å²) in [5.74, 6) is -0.612. The number of hydrogen-bond donors (Lipinski definition) is 2. The summed E-state index contributed by atoms with van der Waals surface area (Å²) in [6.45, 7) is 6.81. The van der Waals surface area contributed by atoms with Gasteiger partial charge in [0.2, 0.25) is 5.91 Å². The lowest BCUT2D eigenvalue weighted by Gasteiger charge is -2.27. The highest BCUT2D eigenvalue weighted by Gasteiger charge is 2.30. The SMILES string of the molecule is CC/C=C\C/C=C\C/C=C\C/C=C\C/C=C\C/C=C\CCC(=O)OC(/C=C\CCCCCCCCCCCC)C(COP(=O)(O)OCC[N+](C)(C)C)NC(=O)CCCCCCCCCCCCC/C=C\C/C=C\C/C=C\C/C=C\CCCCC. The van der Waals surface area contributed by atoms with Crippen molar-refractivity contribution in [2.75, 3.05) is 40.9 Å². The zero-order valence-electron chi connectivity index (χ0n) is 54.8. The molecule has 3 atom stereocenters. The lowest BCUT2D eigenvalue weighted by atomic mass is 10.0. The maximum atomic E-state index is 13.6. The molecule has 0 aromatic rings. The molecular formula is C74H128N2O7P+. The molecule has 0 aromatic carbocycles.